The van der Waals surface area contributed by atoms with Gasteiger partial charge in [0.15, 0.2) is 0 Å². The standard InChI is InChI=1S/C11H15N/c1-9-7-10-5-3-4-6-11(10)8-12(9)2/h3-6,9H,7-8H2,1-2H3/t9-/m1/s1. The molecule has 0 radical (unpaired) electrons. The molecular weight excluding hydrogens is 146 g/mol. The Kier molecular flexibility index (Phi) is 1.89. The first-order valence-electron chi connectivity index (χ1n) is 4.54. The van der Waals surface area contributed by atoms with Crippen LogP contribution in [0.2, 0.25) is 0 Å². The van der Waals surface area contributed by atoms with Gasteiger partial charge in [0.2, 0.25) is 0 Å². The first kappa shape index (κ1) is 7.81. The molecule has 0 bridgehead atoms. The van der Waals surface area contributed by atoms with Crippen LogP contribution in [0.25, 0.3) is 0 Å². The summed E-state index contributed by atoms with van der Waals surface area (Å²) in [6, 6.07) is 9.44. The summed E-state index contributed by atoms with van der Waals surface area (Å²) < 4.78 is 0. The number of rotatable bonds is 0. The molecule has 0 amide bonds. The molecule has 1 aliphatic rings. The lowest BCUT2D eigenvalue weighted by Gasteiger charge is -2.31. The molecule has 0 N–H and O–H groups in total. The Hall–Kier alpha value is -0.820. The molecule has 1 nitrogen and oxygen atoms in total. The van der Waals surface area contributed by atoms with Gasteiger partial charge in [-0.1, -0.05) is 24.3 Å². The smallest absolute Gasteiger partial charge is 0.0236 e. The van der Waals surface area contributed by atoms with E-state index in [2.05, 4.69) is 43.1 Å². The van der Waals surface area contributed by atoms with Crippen LogP contribution in [0.5, 0.6) is 0 Å². The Morgan fingerprint density at radius 2 is 1.92 bits per heavy atom. The molecule has 1 aliphatic heterocycles. The van der Waals surface area contributed by atoms with Gasteiger partial charge < -0.3 is 0 Å². The van der Waals surface area contributed by atoms with Crippen molar-refractivity contribution in [2.75, 3.05) is 7.05 Å². The van der Waals surface area contributed by atoms with E-state index >= 15 is 0 Å². The van der Waals surface area contributed by atoms with Crippen molar-refractivity contribution >= 4 is 0 Å². The predicted octanol–water partition coefficient (Wildman–Crippen LogP) is 2.06. The van der Waals surface area contributed by atoms with Gasteiger partial charge in [0, 0.05) is 12.6 Å². The van der Waals surface area contributed by atoms with Crippen molar-refractivity contribution in [3.63, 3.8) is 0 Å². The second kappa shape index (κ2) is 2.91. The van der Waals surface area contributed by atoms with Gasteiger partial charge in [0.05, 0.1) is 0 Å². The van der Waals surface area contributed by atoms with E-state index < -0.39 is 0 Å². The number of benzene rings is 1. The fraction of sp³-hybridized carbons (Fsp3) is 0.455. The van der Waals surface area contributed by atoms with E-state index in [-0.39, 0.29) is 0 Å². The number of fused-ring (bicyclic) bond motifs is 1. The van der Waals surface area contributed by atoms with Gasteiger partial charge in [-0.3, -0.25) is 4.90 Å². The second-order valence-corrected chi connectivity index (χ2v) is 3.74. The average Bonchev–Trinajstić information content (AvgIpc) is 2.07. The Balaban J connectivity index is 2.34. The molecule has 1 aromatic carbocycles. The van der Waals surface area contributed by atoms with Crippen LogP contribution < -0.4 is 0 Å². The molecular formula is C11H15N. The monoisotopic (exact) mass is 161 g/mol. The highest BCUT2D eigenvalue weighted by atomic mass is 15.1. The van der Waals surface area contributed by atoms with Crippen LogP contribution in [0.15, 0.2) is 24.3 Å². The third-order valence-electron chi connectivity index (χ3n) is 2.81. The van der Waals surface area contributed by atoms with Gasteiger partial charge in [-0.2, -0.15) is 0 Å². The molecule has 0 fully saturated rings. The first-order valence-corrected chi connectivity index (χ1v) is 4.54. The van der Waals surface area contributed by atoms with Gasteiger partial charge in [-0.15, -0.1) is 0 Å². The van der Waals surface area contributed by atoms with Crippen LogP contribution in [0.3, 0.4) is 0 Å². The molecule has 0 unspecified atom stereocenters. The molecule has 0 saturated carbocycles. The van der Waals surface area contributed by atoms with E-state index in [0.717, 1.165) is 6.54 Å². The minimum Gasteiger partial charge on any atom is -0.299 e. The summed E-state index contributed by atoms with van der Waals surface area (Å²) in [7, 11) is 2.20. The molecule has 0 aromatic heterocycles. The van der Waals surface area contributed by atoms with Gasteiger partial charge in [0.1, 0.15) is 0 Å². The van der Waals surface area contributed by atoms with Crippen LogP contribution in [0, 0.1) is 0 Å². The van der Waals surface area contributed by atoms with Crippen molar-refractivity contribution in [1.82, 2.24) is 4.90 Å². The SMILES string of the molecule is C[C@@H]1Cc2ccccc2CN1C. The highest BCUT2D eigenvalue weighted by Gasteiger charge is 2.18. The third-order valence-corrected chi connectivity index (χ3v) is 2.81. The average molecular weight is 161 g/mol. The molecule has 64 valence electrons. The third kappa shape index (κ3) is 1.25. The second-order valence-electron chi connectivity index (χ2n) is 3.74. The minimum absolute atomic E-state index is 0.694. The molecule has 0 aliphatic carbocycles. The lowest BCUT2D eigenvalue weighted by atomic mass is 9.96. The first-order chi connectivity index (χ1) is 5.77. The van der Waals surface area contributed by atoms with Crippen LogP contribution >= 0.6 is 0 Å². The maximum absolute atomic E-state index is 2.41. The number of hydrogen-bond donors (Lipinski definition) is 0. The Bertz CT molecular complexity index is 251. The van der Waals surface area contributed by atoms with Crippen molar-refractivity contribution in [3.8, 4) is 0 Å². The van der Waals surface area contributed by atoms with E-state index in [1.807, 2.05) is 0 Å². The summed E-state index contributed by atoms with van der Waals surface area (Å²) in [5, 5.41) is 0. The van der Waals surface area contributed by atoms with E-state index in [9.17, 15) is 0 Å². The van der Waals surface area contributed by atoms with Crippen LogP contribution in [-0.2, 0) is 13.0 Å². The van der Waals surface area contributed by atoms with Crippen molar-refractivity contribution < 1.29 is 0 Å². The molecule has 12 heavy (non-hydrogen) atoms. The maximum Gasteiger partial charge on any atom is 0.0236 e. The van der Waals surface area contributed by atoms with Crippen molar-refractivity contribution in [3.05, 3.63) is 35.4 Å². The number of nitrogens with zero attached hydrogens (tertiary/aromatic N) is 1. The summed E-state index contributed by atoms with van der Waals surface area (Å²) in [6.45, 7) is 3.40. The summed E-state index contributed by atoms with van der Waals surface area (Å²) in [6.07, 6.45) is 1.20. The van der Waals surface area contributed by atoms with Gasteiger partial charge in [0.25, 0.3) is 0 Å². The fourth-order valence-electron chi connectivity index (χ4n) is 1.81. The Labute approximate surface area is 74.0 Å². The maximum atomic E-state index is 2.41. The summed E-state index contributed by atoms with van der Waals surface area (Å²) in [5.41, 5.74) is 3.03. The van der Waals surface area contributed by atoms with Crippen molar-refractivity contribution in [1.29, 1.82) is 0 Å². The van der Waals surface area contributed by atoms with Crippen LogP contribution in [-0.4, -0.2) is 18.0 Å². The normalized spacial score (nSPS) is 23.7. The van der Waals surface area contributed by atoms with E-state index in [4.69, 9.17) is 0 Å². The molecule has 1 atom stereocenters. The lowest BCUT2D eigenvalue weighted by Crippen LogP contribution is -2.34. The molecule has 2 rings (SSSR count). The van der Waals surface area contributed by atoms with E-state index in [0.29, 0.717) is 6.04 Å². The predicted molar refractivity (Wildman–Crippen MR) is 51.1 cm³/mol. The zero-order valence-corrected chi connectivity index (χ0v) is 7.75. The Morgan fingerprint density at radius 1 is 1.25 bits per heavy atom. The zero-order chi connectivity index (χ0) is 8.55. The van der Waals surface area contributed by atoms with Crippen molar-refractivity contribution in [2.24, 2.45) is 0 Å². The van der Waals surface area contributed by atoms with E-state index in [1.54, 1.807) is 0 Å². The van der Waals surface area contributed by atoms with E-state index in [1.165, 1.54) is 17.5 Å². The highest BCUT2D eigenvalue weighted by Crippen LogP contribution is 2.20. The molecule has 1 heterocycles. The van der Waals surface area contributed by atoms with Crippen LogP contribution in [0.1, 0.15) is 18.1 Å². The molecule has 1 aromatic rings. The van der Waals surface area contributed by atoms with Gasteiger partial charge in [-0.05, 0) is 31.5 Å². The number of likely N-dealkylation sites (N-methyl/N-ethyl adjacent to an activating group) is 1. The molecule has 0 saturated heterocycles. The lowest BCUT2D eigenvalue weighted by molar-refractivity contribution is 0.231. The molecule has 0 spiro atoms. The molecule has 1 heteroatoms. The minimum atomic E-state index is 0.694. The highest BCUT2D eigenvalue weighted by molar-refractivity contribution is 5.29. The zero-order valence-electron chi connectivity index (χ0n) is 7.75. The number of hydrogen-bond acceptors (Lipinski definition) is 1. The van der Waals surface area contributed by atoms with Crippen LogP contribution in [0.4, 0.5) is 0 Å². The summed E-state index contributed by atoms with van der Waals surface area (Å²) in [5.74, 6) is 0. The quantitative estimate of drug-likeness (QED) is 0.563. The largest absolute Gasteiger partial charge is 0.299 e. The summed E-state index contributed by atoms with van der Waals surface area (Å²) in [4.78, 5) is 2.41. The topological polar surface area (TPSA) is 3.24 Å². The Morgan fingerprint density at radius 3 is 2.67 bits per heavy atom. The van der Waals surface area contributed by atoms with Crippen molar-refractivity contribution in [2.45, 2.75) is 25.9 Å². The van der Waals surface area contributed by atoms with Gasteiger partial charge in [-0.25, -0.2) is 0 Å². The fourth-order valence-corrected chi connectivity index (χ4v) is 1.81. The van der Waals surface area contributed by atoms with Gasteiger partial charge >= 0.3 is 0 Å². The summed E-state index contributed by atoms with van der Waals surface area (Å²) >= 11 is 0.